The van der Waals surface area contributed by atoms with E-state index in [0.717, 1.165) is 0 Å². The van der Waals surface area contributed by atoms with Crippen LogP contribution < -0.4 is 10.1 Å². The fourth-order valence-electron chi connectivity index (χ4n) is 2.83. The van der Waals surface area contributed by atoms with Gasteiger partial charge in [0.05, 0.1) is 29.7 Å². The number of halogens is 1. The van der Waals surface area contributed by atoms with Gasteiger partial charge in [-0.15, -0.1) is 11.8 Å². The minimum absolute atomic E-state index is 0.0138. The quantitative estimate of drug-likeness (QED) is 0.579. The van der Waals surface area contributed by atoms with E-state index in [1.165, 1.54) is 11.8 Å². The number of likely N-dealkylation sites (N-methyl/N-ethyl adjacent to an activating group) is 1. The van der Waals surface area contributed by atoms with Gasteiger partial charge in [-0.3, -0.25) is 14.4 Å². The van der Waals surface area contributed by atoms with Crippen LogP contribution in [0.25, 0.3) is 0 Å². The van der Waals surface area contributed by atoms with Crippen molar-refractivity contribution in [3.05, 3.63) is 23.2 Å². The molecule has 3 amide bonds. The lowest BCUT2D eigenvalue weighted by Gasteiger charge is -2.26. The van der Waals surface area contributed by atoms with E-state index < -0.39 is 0 Å². The summed E-state index contributed by atoms with van der Waals surface area (Å²) < 4.78 is 10.7. The number of thioether (sulfide) groups is 1. The summed E-state index contributed by atoms with van der Waals surface area (Å²) in [6.45, 7) is 7.26. The predicted molar refractivity (Wildman–Crippen MR) is 118 cm³/mol. The number of carbonyl (C=O) groups excluding carboxylic acids is 3. The highest BCUT2D eigenvalue weighted by Gasteiger charge is 2.17. The number of hydrogen-bond acceptors (Lipinski definition) is 6. The highest BCUT2D eigenvalue weighted by molar-refractivity contribution is 8.00. The second-order valence-corrected chi connectivity index (χ2v) is 7.93. The minimum Gasteiger partial charge on any atom is -0.482 e. The highest BCUT2D eigenvalue weighted by Crippen LogP contribution is 2.27. The maximum atomic E-state index is 12.1. The number of amides is 3. The van der Waals surface area contributed by atoms with Gasteiger partial charge in [-0.25, -0.2) is 0 Å². The minimum atomic E-state index is -0.226. The van der Waals surface area contributed by atoms with Gasteiger partial charge in [0.1, 0.15) is 5.75 Å². The fraction of sp³-hybridized carbons (Fsp3) is 0.550. The van der Waals surface area contributed by atoms with Gasteiger partial charge >= 0.3 is 0 Å². The van der Waals surface area contributed by atoms with Crippen LogP contribution in [0.3, 0.4) is 0 Å². The molecule has 0 atom stereocenters. The number of hydrogen-bond donors (Lipinski definition) is 1. The second-order valence-electron chi connectivity index (χ2n) is 6.53. The molecule has 1 fully saturated rings. The molecule has 1 aromatic carbocycles. The van der Waals surface area contributed by atoms with Gasteiger partial charge in [0.15, 0.2) is 6.61 Å². The molecule has 0 saturated carbocycles. The van der Waals surface area contributed by atoms with Gasteiger partial charge in [-0.1, -0.05) is 11.6 Å². The SMILES string of the molecule is CCN(CC)C(=O)COc1ccc(NC(=O)CSCC(=O)N2CCOCC2)cc1Cl. The Morgan fingerprint density at radius 2 is 1.90 bits per heavy atom. The van der Waals surface area contributed by atoms with E-state index in [1.807, 2.05) is 13.8 Å². The van der Waals surface area contributed by atoms with Gasteiger partial charge in [0.2, 0.25) is 11.8 Å². The van der Waals surface area contributed by atoms with Gasteiger partial charge in [-0.2, -0.15) is 0 Å². The van der Waals surface area contributed by atoms with E-state index in [2.05, 4.69) is 5.32 Å². The van der Waals surface area contributed by atoms with Crippen LogP contribution in [-0.2, 0) is 19.1 Å². The first-order chi connectivity index (χ1) is 14.4. The smallest absolute Gasteiger partial charge is 0.260 e. The lowest BCUT2D eigenvalue weighted by Crippen LogP contribution is -2.41. The van der Waals surface area contributed by atoms with E-state index in [-0.39, 0.29) is 35.8 Å². The summed E-state index contributed by atoms with van der Waals surface area (Å²) in [7, 11) is 0. The zero-order chi connectivity index (χ0) is 21.9. The molecule has 166 valence electrons. The molecule has 1 aliphatic heterocycles. The normalized spacial score (nSPS) is 13.6. The van der Waals surface area contributed by atoms with Crippen LogP contribution in [0.15, 0.2) is 18.2 Å². The fourth-order valence-corrected chi connectivity index (χ4v) is 3.79. The lowest BCUT2D eigenvalue weighted by atomic mass is 10.3. The summed E-state index contributed by atoms with van der Waals surface area (Å²) in [6, 6.07) is 4.84. The summed E-state index contributed by atoms with van der Waals surface area (Å²) in [5.74, 6) is 0.458. The van der Waals surface area contributed by atoms with E-state index >= 15 is 0 Å². The molecule has 0 aromatic heterocycles. The Morgan fingerprint density at radius 3 is 2.53 bits per heavy atom. The zero-order valence-corrected chi connectivity index (χ0v) is 18.9. The summed E-state index contributed by atoms with van der Waals surface area (Å²) in [5, 5.41) is 3.05. The summed E-state index contributed by atoms with van der Waals surface area (Å²) in [4.78, 5) is 39.6. The van der Waals surface area contributed by atoms with Crippen molar-refractivity contribution >= 4 is 46.8 Å². The summed E-state index contributed by atoms with van der Waals surface area (Å²) >= 11 is 7.47. The number of rotatable bonds is 10. The Hall–Kier alpha value is -1.97. The lowest BCUT2D eigenvalue weighted by molar-refractivity contribution is -0.133. The first-order valence-electron chi connectivity index (χ1n) is 9.87. The van der Waals surface area contributed by atoms with E-state index in [4.69, 9.17) is 21.1 Å². The van der Waals surface area contributed by atoms with Gasteiger partial charge in [0, 0.05) is 31.9 Å². The Kier molecular flexibility index (Phi) is 10.3. The number of benzene rings is 1. The summed E-state index contributed by atoms with van der Waals surface area (Å²) in [5.41, 5.74) is 0.521. The monoisotopic (exact) mass is 457 g/mol. The molecule has 1 aromatic rings. The van der Waals surface area contributed by atoms with Gasteiger partial charge < -0.3 is 24.6 Å². The Labute approximate surface area is 186 Å². The molecule has 30 heavy (non-hydrogen) atoms. The third-order valence-electron chi connectivity index (χ3n) is 4.51. The topological polar surface area (TPSA) is 88.2 Å². The van der Waals surface area contributed by atoms with Crippen molar-refractivity contribution in [3.63, 3.8) is 0 Å². The maximum absolute atomic E-state index is 12.1. The van der Waals surface area contributed by atoms with Crippen LogP contribution in [0.2, 0.25) is 5.02 Å². The molecule has 1 N–H and O–H groups in total. The third kappa shape index (κ3) is 7.70. The maximum Gasteiger partial charge on any atom is 0.260 e. The third-order valence-corrected chi connectivity index (χ3v) is 5.72. The van der Waals surface area contributed by atoms with Crippen LogP contribution in [0.5, 0.6) is 5.75 Å². The molecule has 1 saturated heterocycles. The Balaban J connectivity index is 1.75. The molecule has 0 aliphatic carbocycles. The standard InChI is InChI=1S/C20H28ClN3O5S/c1-3-23(4-2)19(26)12-29-17-6-5-15(11-16(17)21)22-18(25)13-30-14-20(27)24-7-9-28-10-8-24/h5-6,11H,3-4,7-10,12-14H2,1-2H3,(H,22,25). The molecule has 0 bridgehead atoms. The van der Waals surface area contributed by atoms with Crippen LogP contribution >= 0.6 is 23.4 Å². The van der Waals surface area contributed by atoms with Crippen LogP contribution in [0.1, 0.15) is 13.8 Å². The molecule has 1 aliphatic rings. The van der Waals surface area contributed by atoms with E-state index in [0.29, 0.717) is 55.9 Å². The van der Waals surface area contributed by atoms with Crippen molar-refractivity contribution in [1.82, 2.24) is 9.80 Å². The van der Waals surface area contributed by atoms with Crippen LogP contribution in [-0.4, -0.2) is 85.0 Å². The zero-order valence-electron chi connectivity index (χ0n) is 17.3. The first kappa shape index (κ1) is 24.3. The molecule has 10 heteroatoms. The number of anilines is 1. The number of ether oxygens (including phenoxy) is 2. The molecule has 8 nitrogen and oxygen atoms in total. The van der Waals surface area contributed by atoms with Crippen molar-refractivity contribution in [2.45, 2.75) is 13.8 Å². The average Bonchev–Trinajstić information content (AvgIpc) is 2.74. The summed E-state index contributed by atoms with van der Waals surface area (Å²) in [6.07, 6.45) is 0. The molecular formula is C20H28ClN3O5S. The highest BCUT2D eigenvalue weighted by atomic mass is 35.5. The Bertz CT molecular complexity index is 739. The number of carbonyl (C=O) groups is 3. The van der Waals surface area contributed by atoms with Crippen molar-refractivity contribution in [2.75, 3.05) is 62.8 Å². The predicted octanol–water partition coefficient (Wildman–Crippen LogP) is 2.12. The largest absolute Gasteiger partial charge is 0.482 e. The van der Waals surface area contributed by atoms with Crippen LogP contribution in [0.4, 0.5) is 5.69 Å². The molecule has 1 heterocycles. The van der Waals surface area contributed by atoms with Crippen molar-refractivity contribution in [2.24, 2.45) is 0 Å². The van der Waals surface area contributed by atoms with Crippen LogP contribution in [0, 0.1) is 0 Å². The Morgan fingerprint density at radius 1 is 1.20 bits per heavy atom. The molecular weight excluding hydrogens is 430 g/mol. The van der Waals surface area contributed by atoms with Crippen molar-refractivity contribution in [3.8, 4) is 5.75 Å². The van der Waals surface area contributed by atoms with Gasteiger partial charge in [-0.05, 0) is 32.0 Å². The van der Waals surface area contributed by atoms with E-state index in [1.54, 1.807) is 28.0 Å². The molecule has 0 radical (unpaired) electrons. The van der Waals surface area contributed by atoms with E-state index in [9.17, 15) is 14.4 Å². The van der Waals surface area contributed by atoms with Gasteiger partial charge in [0.25, 0.3) is 5.91 Å². The number of nitrogens with zero attached hydrogens (tertiary/aromatic N) is 2. The molecule has 0 unspecified atom stereocenters. The molecule has 0 spiro atoms. The average molecular weight is 458 g/mol. The molecule has 2 rings (SSSR count). The first-order valence-corrected chi connectivity index (χ1v) is 11.4. The van der Waals surface area contributed by atoms with Crippen molar-refractivity contribution in [1.29, 1.82) is 0 Å². The van der Waals surface area contributed by atoms with Crippen molar-refractivity contribution < 1.29 is 23.9 Å². The number of nitrogens with one attached hydrogen (secondary N) is 1. The number of morpholine rings is 1. The second kappa shape index (κ2) is 12.7.